The zero-order valence-electron chi connectivity index (χ0n) is 14.8. The molecule has 2 saturated carbocycles. The monoisotopic (exact) mass is 354 g/mol. The van der Waals surface area contributed by atoms with Crippen LogP contribution in [0.1, 0.15) is 61.5 Å². The molecule has 2 aromatic carbocycles. The Morgan fingerprint density at radius 1 is 0.808 bits per heavy atom. The molecule has 26 heavy (non-hydrogen) atoms. The molecule has 3 heteroatoms. The highest BCUT2D eigenvalue weighted by atomic mass is 19.1. The smallest absolute Gasteiger partial charge is 0.134 e. The largest absolute Gasteiger partial charge is 0.300 e. The Labute approximate surface area is 153 Å². The van der Waals surface area contributed by atoms with E-state index in [9.17, 15) is 13.6 Å². The van der Waals surface area contributed by atoms with Crippen LogP contribution in [0.5, 0.6) is 0 Å². The fourth-order valence-corrected chi connectivity index (χ4v) is 4.16. The van der Waals surface area contributed by atoms with E-state index in [1.165, 1.54) is 12.1 Å². The highest BCUT2D eigenvalue weighted by molar-refractivity contribution is 5.80. The van der Waals surface area contributed by atoms with Crippen molar-refractivity contribution in [1.29, 1.82) is 0 Å². The van der Waals surface area contributed by atoms with Crippen LogP contribution in [0.4, 0.5) is 8.78 Å². The number of halogens is 2. The molecule has 0 aliphatic heterocycles. The standard InChI is InChI=1S/C23H24F2O/c24-19-5-1-3-17(11-19)22(15-7-8-15)13-21(26)14-23(16-9-10-16)18-4-2-6-20(25)12-18/h1-6,11-12,15-16,22-23H,7-10,13-14H2/t22-,23-/m0/s1. The van der Waals surface area contributed by atoms with Crippen molar-refractivity contribution in [2.24, 2.45) is 11.8 Å². The summed E-state index contributed by atoms with van der Waals surface area (Å²) in [5.41, 5.74) is 1.88. The second-order valence-corrected chi connectivity index (χ2v) is 7.94. The number of rotatable bonds is 8. The molecule has 0 aromatic heterocycles. The van der Waals surface area contributed by atoms with Crippen LogP contribution in [0.25, 0.3) is 0 Å². The van der Waals surface area contributed by atoms with E-state index in [1.807, 2.05) is 12.1 Å². The highest BCUT2D eigenvalue weighted by Crippen LogP contribution is 2.47. The van der Waals surface area contributed by atoms with Crippen LogP contribution in [0, 0.1) is 23.5 Å². The zero-order chi connectivity index (χ0) is 18.1. The first-order valence-electron chi connectivity index (χ1n) is 9.63. The summed E-state index contributed by atoms with van der Waals surface area (Å²) in [6.45, 7) is 0. The molecule has 0 amide bonds. The summed E-state index contributed by atoms with van der Waals surface area (Å²) in [7, 11) is 0. The van der Waals surface area contributed by atoms with Gasteiger partial charge in [0.1, 0.15) is 17.4 Å². The number of carbonyl (C=O) groups excluding carboxylic acids is 1. The number of hydrogen-bond acceptors (Lipinski definition) is 1. The van der Waals surface area contributed by atoms with Crippen LogP contribution in [-0.2, 0) is 4.79 Å². The minimum Gasteiger partial charge on any atom is -0.300 e. The number of carbonyl (C=O) groups is 1. The number of benzene rings is 2. The maximum atomic E-state index is 13.6. The molecule has 0 spiro atoms. The second-order valence-electron chi connectivity index (χ2n) is 7.94. The molecule has 0 saturated heterocycles. The maximum absolute atomic E-state index is 13.6. The van der Waals surface area contributed by atoms with Crippen molar-refractivity contribution in [3.05, 3.63) is 71.3 Å². The van der Waals surface area contributed by atoms with Gasteiger partial charge in [-0.15, -0.1) is 0 Å². The van der Waals surface area contributed by atoms with E-state index in [4.69, 9.17) is 0 Å². The topological polar surface area (TPSA) is 17.1 Å². The van der Waals surface area contributed by atoms with E-state index in [0.29, 0.717) is 24.7 Å². The third kappa shape index (κ3) is 4.20. The minimum atomic E-state index is -0.240. The SMILES string of the molecule is O=C(C[C@H](c1cccc(F)c1)C1CC1)C[C@H](c1cccc(F)c1)C1CC1. The third-order valence-corrected chi connectivity index (χ3v) is 5.83. The van der Waals surface area contributed by atoms with Crippen LogP contribution >= 0.6 is 0 Å². The average molecular weight is 354 g/mol. The van der Waals surface area contributed by atoms with Crippen molar-refractivity contribution in [3.63, 3.8) is 0 Å². The zero-order valence-corrected chi connectivity index (χ0v) is 14.8. The van der Waals surface area contributed by atoms with Gasteiger partial charge in [-0.25, -0.2) is 8.78 Å². The van der Waals surface area contributed by atoms with Crippen LogP contribution in [0.3, 0.4) is 0 Å². The molecular weight excluding hydrogens is 330 g/mol. The highest BCUT2D eigenvalue weighted by Gasteiger charge is 2.37. The van der Waals surface area contributed by atoms with Crippen molar-refractivity contribution < 1.29 is 13.6 Å². The Balaban J connectivity index is 1.47. The fourth-order valence-electron chi connectivity index (χ4n) is 4.16. The molecule has 0 heterocycles. The summed E-state index contributed by atoms with van der Waals surface area (Å²) in [6, 6.07) is 13.4. The summed E-state index contributed by atoms with van der Waals surface area (Å²) in [5, 5.41) is 0. The van der Waals surface area contributed by atoms with Gasteiger partial charge in [-0.05, 0) is 84.7 Å². The third-order valence-electron chi connectivity index (χ3n) is 5.83. The first-order chi connectivity index (χ1) is 12.6. The molecule has 2 aliphatic rings. The van der Waals surface area contributed by atoms with Crippen molar-refractivity contribution in [3.8, 4) is 0 Å². The van der Waals surface area contributed by atoms with Gasteiger partial charge < -0.3 is 0 Å². The molecular formula is C23H24F2O. The first kappa shape index (κ1) is 17.4. The quantitative estimate of drug-likeness (QED) is 0.568. The lowest BCUT2D eigenvalue weighted by Gasteiger charge is -2.20. The van der Waals surface area contributed by atoms with E-state index in [0.717, 1.165) is 36.8 Å². The molecule has 2 atom stereocenters. The molecule has 2 aliphatic carbocycles. The molecule has 2 fully saturated rings. The Morgan fingerprint density at radius 3 is 1.58 bits per heavy atom. The lowest BCUT2D eigenvalue weighted by molar-refractivity contribution is -0.120. The predicted molar refractivity (Wildman–Crippen MR) is 98.0 cm³/mol. The Morgan fingerprint density at radius 2 is 1.23 bits per heavy atom. The number of Topliss-reactive ketones (excluding diaryl/α,β-unsaturated/α-hetero) is 1. The molecule has 2 aromatic rings. The normalized spacial score (nSPS) is 19.2. The average Bonchev–Trinajstić information content (AvgIpc) is 3.51. The predicted octanol–water partition coefficient (Wildman–Crippen LogP) is 6.00. The maximum Gasteiger partial charge on any atom is 0.134 e. The van der Waals surface area contributed by atoms with Crippen molar-refractivity contribution >= 4 is 5.78 Å². The lowest BCUT2D eigenvalue weighted by Crippen LogP contribution is -2.14. The number of ketones is 1. The van der Waals surface area contributed by atoms with Gasteiger partial charge >= 0.3 is 0 Å². The van der Waals surface area contributed by atoms with Gasteiger partial charge in [-0.1, -0.05) is 24.3 Å². The van der Waals surface area contributed by atoms with Gasteiger partial charge in [-0.3, -0.25) is 4.79 Å². The van der Waals surface area contributed by atoms with E-state index >= 15 is 0 Å². The Kier molecular flexibility index (Phi) is 4.88. The van der Waals surface area contributed by atoms with E-state index in [1.54, 1.807) is 24.3 Å². The van der Waals surface area contributed by atoms with E-state index in [-0.39, 0.29) is 29.3 Å². The summed E-state index contributed by atoms with van der Waals surface area (Å²) in [6.07, 6.45) is 5.39. The van der Waals surface area contributed by atoms with Gasteiger partial charge in [0, 0.05) is 12.8 Å². The summed E-state index contributed by atoms with van der Waals surface area (Å²) >= 11 is 0. The Hall–Kier alpha value is -2.03. The van der Waals surface area contributed by atoms with Crippen molar-refractivity contribution in [1.82, 2.24) is 0 Å². The van der Waals surface area contributed by atoms with E-state index in [2.05, 4.69) is 0 Å². The van der Waals surface area contributed by atoms with Gasteiger partial charge in [0.2, 0.25) is 0 Å². The molecule has 136 valence electrons. The van der Waals surface area contributed by atoms with Gasteiger partial charge in [-0.2, -0.15) is 0 Å². The molecule has 1 nitrogen and oxygen atoms in total. The molecule has 0 radical (unpaired) electrons. The van der Waals surface area contributed by atoms with Gasteiger partial charge in [0.15, 0.2) is 0 Å². The molecule has 0 unspecified atom stereocenters. The van der Waals surface area contributed by atoms with Crippen LogP contribution in [-0.4, -0.2) is 5.78 Å². The number of hydrogen-bond donors (Lipinski definition) is 0. The van der Waals surface area contributed by atoms with Crippen molar-refractivity contribution in [2.75, 3.05) is 0 Å². The second kappa shape index (κ2) is 7.30. The Bertz CT molecular complexity index is 727. The summed E-state index contributed by atoms with van der Waals surface area (Å²) < 4.78 is 27.2. The fraction of sp³-hybridized carbons (Fsp3) is 0.435. The van der Waals surface area contributed by atoms with Crippen molar-refractivity contribution in [2.45, 2.75) is 50.4 Å². The van der Waals surface area contributed by atoms with Crippen LogP contribution in [0.2, 0.25) is 0 Å². The molecule has 0 bridgehead atoms. The minimum absolute atomic E-state index is 0.116. The van der Waals surface area contributed by atoms with E-state index < -0.39 is 0 Å². The van der Waals surface area contributed by atoms with Crippen LogP contribution < -0.4 is 0 Å². The lowest BCUT2D eigenvalue weighted by atomic mass is 9.84. The molecule has 0 N–H and O–H groups in total. The van der Waals surface area contributed by atoms with Crippen LogP contribution in [0.15, 0.2) is 48.5 Å². The van der Waals surface area contributed by atoms with Gasteiger partial charge in [0.05, 0.1) is 0 Å². The summed E-state index contributed by atoms with van der Waals surface area (Å²) in [4.78, 5) is 12.9. The molecule has 4 rings (SSSR count). The summed E-state index contributed by atoms with van der Waals surface area (Å²) in [5.74, 6) is 0.958. The van der Waals surface area contributed by atoms with Gasteiger partial charge in [0.25, 0.3) is 0 Å². The first-order valence-corrected chi connectivity index (χ1v) is 9.63.